The number of carbonyl (C=O) groups excluding carboxylic acids is 1. The molecule has 1 heterocycles. The molecule has 0 saturated heterocycles. The van der Waals surface area contributed by atoms with Crippen molar-refractivity contribution in [1.29, 1.82) is 0 Å². The lowest BCUT2D eigenvalue weighted by Gasteiger charge is -2.27. The van der Waals surface area contributed by atoms with Crippen LogP contribution < -0.4 is 19.5 Å². The number of benzene rings is 1. The molecule has 1 N–H and O–H groups in total. The zero-order valence-corrected chi connectivity index (χ0v) is 15.8. The highest BCUT2D eigenvalue weighted by atomic mass is 16.5. The summed E-state index contributed by atoms with van der Waals surface area (Å²) in [4.78, 5) is 12.7. The molecule has 1 aromatic carbocycles. The summed E-state index contributed by atoms with van der Waals surface area (Å²) in [5.41, 5.74) is 0.630. The standard InChI is InChI=1S/C18H25N5O4/c1-25-15-8-14(9-16(26-2)17(15)27-3)20-18(24)13-6-4-12(5-7-13)10-23-11-19-21-22-23/h8-9,11-13H,4-7,10H2,1-3H3,(H,20,24). The molecule has 0 atom stereocenters. The number of nitrogens with one attached hydrogen (secondary N) is 1. The van der Waals surface area contributed by atoms with Crippen molar-refractivity contribution >= 4 is 11.6 Å². The molecule has 1 saturated carbocycles. The van der Waals surface area contributed by atoms with Crippen LogP contribution in [0.3, 0.4) is 0 Å². The van der Waals surface area contributed by atoms with Crippen molar-refractivity contribution in [3.05, 3.63) is 18.5 Å². The van der Waals surface area contributed by atoms with E-state index in [9.17, 15) is 4.79 Å². The van der Waals surface area contributed by atoms with Gasteiger partial charge in [0.25, 0.3) is 0 Å². The number of ether oxygens (including phenoxy) is 3. The molecule has 3 rings (SSSR count). The van der Waals surface area contributed by atoms with Crippen molar-refractivity contribution in [1.82, 2.24) is 20.2 Å². The SMILES string of the molecule is COc1cc(NC(=O)C2CCC(Cn3cnnn3)CC2)cc(OC)c1OC. The Bertz CT molecular complexity index is 732. The first-order chi connectivity index (χ1) is 13.1. The van der Waals surface area contributed by atoms with Gasteiger partial charge in [0.2, 0.25) is 11.7 Å². The minimum absolute atomic E-state index is 0.00536. The molecule has 0 spiro atoms. The highest BCUT2D eigenvalue weighted by molar-refractivity contribution is 5.93. The van der Waals surface area contributed by atoms with Crippen molar-refractivity contribution in [2.45, 2.75) is 32.2 Å². The average molecular weight is 375 g/mol. The molecule has 0 aliphatic heterocycles. The number of amides is 1. The molecule has 27 heavy (non-hydrogen) atoms. The number of methoxy groups -OCH3 is 3. The number of carbonyl (C=O) groups is 1. The summed E-state index contributed by atoms with van der Waals surface area (Å²) in [6.07, 6.45) is 5.29. The van der Waals surface area contributed by atoms with E-state index >= 15 is 0 Å². The summed E-state index contributed by atoms with van der Waals surface area (Å²) in [6.45, 7) is 0.800. The molecule has 2 aromatic rings. The smallest absolute Gasteiger partial charge is 0.227 e. The second kappa shape index (κ2) is 8.70. The van der Waals surface area contributed by atoms with Crippen LogP contribution in [0.25, 0.3) is 0 Å². The number of hydrogen-bond donors (Lipinski definition) is 1. The van der Waals surface area contributed by atoms with E-state index in [0.717, 1.165) is 32.2 Å². The van der Waals surface area contributed by atoms with Gasteiger partial charge in [-0.05, 0) is 42.0 Å². The number of anilines is 1. The van der Waals surface area contributed by atoms with Crippen LogP contribution in [0.5, 0.6) is 17.2 Å². The van der Waals surface area contributed by atoms with Crippen LogP contribution >= 0.6 is 0 Å². The maximum atomic E-state index is 12.7. The highest BCUT2D eigenvalue weighted by Crippen LogP contribution is 2.40. The summed E-state index contributed by atoms with van der Waals surface area (Å²) in [5, 5.41) is 14.2. The third kappa shape index (κ3) is 4.47. The van der Waals surface area contributed by atoms with Gasteiger partial charge < -0.3 is 19.5 Å². The number of hydrogen-bond acceptors (Lipinski definition) is 7. The molecule has 9 nitrogen and oxygen atoms in total. The lowest BCUT2D eigenvalue weighted by atomic mass is 9.81. The Hall–Kier alpha value is -2.84. The van der Waals surface area contributed by atoms with E-state index in [2.05, 4.69) is 20.8 Å². The molecular formula is C18H25N5O4. The predicted molar refractivity (Wildman–Crippen MR) is 98.0 cm³/mol. The van der Waals surface area contributed by atoms with E-state index in [4.69, 9.17) is 14.2 Å². The monoisotopic (exact) mass is 375 g/mol. The molecule has 0 bridgehead atoms. The Kier molecular flexibility index (Phi) is 6.10. The van der Waals surface area contributed by atoms with E-state index in [-0.39, 0.29) is 11.8 Å². The highest BCUT2D eigenvalue weighted by Gasteiger charge is 2.27. The molecule has 0 radical (unpaired) electrons. The average Bonchev–Trinajstić information content (AvgIpc) is 3.20. The zero-order valence-electron chi connectivity index (χ0n) is 15.8. The Balaban J connectivity index is 1.59. The van der Waals surface area contributed by atoms with E-state index in [1.54, 1.807) is 44.5 Å². The quantitative estimate of drug-likeness (QED) is 0.791. The van der Waals surface area contributed by atoms with Gasteiger partial charge in [0.1, 0.15) is 6.33 Å². The molecule has 1 fully saturated rings. The summed E-state index contributed by atoms with van der Waals surface area (Å²) in [7, 11) is 4.65. The Morgan fingerprint density at radius 3 is 2.30 bits per heavy atom. The molecule has 1 aliphatic carbocycles. The first kappa shape index (κ1) is 18.9. The number of tetrazole rings is 1. The maximum absolute atomic E-state index is 12.7. The predicted octanol–water partition coefficient (Wildman–Crippen LogP) is 2.14. The molecular weight excluding hydrogens is 350 g/mol. The van der Waals surface area contributed by atoms with E-state index in [0.29, 0.717) is 28.9 Å². The molecule has 0 unspecified atom stereocenters. The van der Waals surface area contributed by atoms with Crippen molar-refractivity contribution < 1.29 is 19.0 Å². The van der Waals surface area contributed by atoms with Crippen molar-refractivity contribution in [3.8, 4) is 17.2 Å². The van der Waals surface area contributed by atoms with E-state index in [1.807, 2.05) is 0 Å². The van der Waals surface area contributed by atoms with Gasteiger partial charge >= 0.3 is 0 Å². The van der Waals surface area contributed by atoms with E-state index < -0.39 is 0 Å². The van der Waals surface area contributed by atoms with Crippen molar-refractivity contribution in [2.24, 2.45) is 11.8 Å². The second-order valence-corrected chi connectivity index (χ2v) is 6.65. The summed E-state index contributed by atoms with van der Waals surface area (Å²) in [6, 6.07) is 3.48. The second-order valence-electron chi connectivity index (χ2n) is 6.65. The van der Waals surface area contributed by atoms with Gasteiger partial charge in [0.15, 0.2) is 11.5 Å². The van der Waals surface area contributed by atoms with Gasteiger partial charge in [-0.15, -0.1) is 5.10 Å². The third-order valence-corrected chi connectivity index (χ3v) is 4.99. The van der Waals surface area contributed by atoms with Crippen LogP contribution in [-0.4, -0.2) is 47.4 Å². The molecule has 1 aliphatic rings. The van der Waals surface area contributed by atoms with Gasteiger partial charge in [0.05, 0.1) is 21.3 Å². The first-order valence-corrected chi connectivity index (χ1v) is 8.96. The molecule has 146 valence electrons. The summed E-state index contributed by atoms with van der Waals surface area (Å²) < 4.78 is 17.7. The summed E-state index contributed by atoms with van der Waals surface area (Å²) in [5.74, 6) is 2.04. The minimum atomic E-state index is -0.00536. The van der Waals surface area contributed by atoms with Crippen LogP contribution in [0.1, 0.15) is 25.7 Å². The fourth-order valence-electron chi connectivity index (χ4n) is 3.53. The lowest BCUT2D eigenvalue weighted by molar-refractivity contribution is -0.121. The van der Waals surface area contributed by atoms with Crippen molar-refractivity contribution in [2.75, 3.05) is 26.6 Å². The molecule has 1 aromatic heterocycles. The zero-order chi connectivity index (χ0) is 19.2. The Morgan fingerprint density at radius 1 is 1.11 bits per heavy atom. The van der Waals surface area contributed by atoms with Crippen LogP contribution in [0.15, 0.2) is 18.5 Å². The molecule has 1 amide bonds. The van der Waals surface area contributed by atoms with Gasteiger partial charge in [-0.1, -0.05) is 0 Å². The third-order valence-electron chi connectivity index (χ3n) is 4.99. The Morgan fingerprint density at radius 2 is 1.78 bits per heavy atom. The topological polar surface area (TPSA) is 100 Å². The largest absolute Gasteiger partial charge is 0.493 e. The van der Waals surface area contributed by atoms with Gasteiger partial charge in [-0.25, -0.2) is 4.68 Å². The van der Waals surface area contributed by atoms with Gasteiger partial charge in [-0.3, -0.25) is 4.79 Å². The fraction of sp³-hybridized carbons (Fsp3) is 0.556. The van der Waals surface area contributed by atoms with Crippen LogP contribution in [0.2, 0.25) is 0 Å². The minimum Gasteiger partial charge on any atom is -0.493 e. The van der Waals surface area contributed by atoms with Gasteiger partial charge in [-0.2, -0.15) is 0 Å². The van der Waals surface area contributed by atoms with E-state index in [1.165, 1.54) is 0 Å². The number of aromatic nitrogens is 4. The normalized spacial score (nSPS) is 19.4. The lowest BCUT2D eigenvalue weighted by Crippen LogP contribution is -2.28. The number of rotatable bonds is 7. The van der Waals surface area contributed by atoms with Gasteiger partial charge in [0, 0.05) is 30.3 Å². The number of nitrogens with zero attached hydrogens (tertiary/aromatic N) is 4. The Labute approximate surface area is 158 Å². The van der Waals surface area contributed by atoms with Crippen molar-refractivity contribution in [3.63, 3.8) is 0 Å². The summed E-state index contributed by atoms with van der Waals surface area (Å²) >= 11 is 0. The van der Waals surface area contributed by atoms with Crippen LogP contribution in [0, 0.1) is 11.8 Å². The fourth-order valence-corrected chi connectivity index (χ4v) is 3.53. The van der Waals surface area contributed by atoms with Crippen LogP contribution in [-0.2, 0) is 11.3 Å². The maximum Gasteiger partial charge on any atom is 0.227 e. The molecule has 9 heteroatoms. The first-order valence-electron chi connectivity index (χ1n) is 8.96. The van der Waals surface area contributed by atoms with Crippen LogP contribution in [0.4, 0.5) is 5.69 Å².